The third-order valence-corrected chi connectivity index (χ3v) is 0.660. The van der Waals surface area contributed by atoms with Gasteiger partial charge in [-0.05, 0) is 0 Å². The van der Waals surface area contributed by atoms with Gasteiger partial charge in [-0.25, -0.2) is 0 Å². The molecular formula is C4H6OS. The lowest BCUT2D eigenvalue weighted by Gasteiger charge is -1.85. The van der Waals surface area contributed by atoms with Gasteiger partial charge in [0.1, 0.15) is 0 Å². The third-order valence-electron chi connectivity index (χ3n) is 0.386. The van der Waals surface area contributed by atoms with Crippen molar-refractivity contribution in [3.05, 3.63) is 18.1 Å². The zero-order valence-corrected chi connectivity index (χ0v) is 4.46. The van der Waals surface area contributed by atoms with E-state index in [1.807, 2.05) is 0 Å². The molecule has 0 bridgehead atoms. The molecule has 0 radical (unpaired) electrons. The molecule has 0 unspecified atom stereocenters. The minimum Gasteiger partial charge on any atom is -0.425 e. The van der Waals surface area contributed by atoms with Crippen molar-refractivity contribution in [2.24, 2.45) is 0 Å². The smallest absolute Gasteiger partial charge is 0.152 e. The summed E-state index contributed by atoms with van der Waals surface area (Å²) in [5.41, 5.74) is 2.48. The maximum atomic E-state index is 4.34. The largest absolute Gasteiger partial charge is 0.425 e. The van der Waals surface area contributed by atoms with Crippen molar-refractivity contribution in [2.75, 3.05) is 0 Å². The Bertz CT molecular complexity index is 81.5. The molecule has 6 heavy (non-hydrogen) atoms. The Hall–Kier alpha value is -0.330. The maximum Gasteiger partial charge on any atom is 0.152 e. The van der Waals surface area contributed by atoms with Crippen LogP contribution in [0, 0.1) is 0 Å². The molecular weight excluding hydrogens is 96.1 g/mol. The number of thiol groups is 1. The fourth-order valence-electron chi connectivity index (χ4n) is 0.0323. The molecule has 1 nitrogen and oxygen atoms in total. The second-order valence-electron chi connectivity index (χ2n) is 0.824. The standard InChI is InChI=1S/C4H6OS/c1-3-4(2)5-6/h6H,1H2,2H3. The van der Waals surface area contributed by atoms with E-state index in [4.69, 9.17) is 0 Å². The molecule has 0 N–H and O–H groups in total. The van der Waals surface area contributed by atoms with Crippen LogP contribution in [0.3, 0.4) is 0 Å². The highest BCUT2D eigenvalue weighted by Crippen LogP contribution is 1.91. The molecule has 0 saturated heterocycles. The molecule has 0 amide bonds. The molecule has 0 saturated carbocycles. The first kappa shape index (κ1) is 5.67. The molecule has 0 heterocycles. The van der Waals surface area contributed by atoms with Gasteiger partial charge in [-0.1, -0.05) is 12.3 Å². The average molecular weight is 102 g/mol. The summed E-state index contributed by atoms with van der Waals surface area (Å²) in [6.45, 7) is 5.02. The highest BCUT2D eigenvalue weighted by molar-refractivity contribution is 7.75. The fraction of sp³-hybridized carbons (Fsp3) is 0.250. The Labute approximate surface area is 42.9 Å². The lowest BCUT2D eigenvalue weighted by molar-refractivity contribution is 0.513. The van der Waals surface area contributed by atoms with Crippen molar-refractivity contribution in [1.82, 2.24) is 0 Å². The van der Waals surface area contributed by atoms with Gasteiger partial charge in [-0.15, -0.1) is 0 Å². The first-order valence-corrected chi connectivity index (χ1v) is 1.86. The molecule has 0 aromatic heterocycles. The van der Waals surface area contributed by atoms with Crippen LogP contribution >= 0.6 is 12.9 Å². The molecule has 0 aromatic carbocycles. The van der Waals surface area contributed by atoms with E-state index in [2.05, 4.69) is 29.4 Å². The zero-order valence-electron chi connectivity index (χ0n) is 3.56. The van der Waals surface area contributed by atoms with Gasteiger partial charge in [0.25, 0.3) is 0 Å². The van der Waals surface area contributed by atoms with Crippen LogP contribution in [0.2, 0.25) is 0 Å². The predicted octanol–water partition coefficient (Wildman–Crippen LogP) is 1.54. The summed E-state index contributed by atoms with van der Waals surface area (Å²) < 4.78 is 4.34. The van der Waals surface area contributed by atoms with Crippen LogP contribution in [0.4, 0.5) is 0 Å². The van der Waals surface area contributed by atoms with Crippen LogP contribution in [0.1, 0.15) is 6.92 Å². The molecule has 0 aliphatic rings. The number of hydrogen-bond acceptors (Lipinski definition) is 2. The zero-order chi connectivity index (χ0) is 4.99. The Morgan fingerprint density at radius 1 is 2.00 bits per heavy atom. The SMILES string of the molecule is C=C=C(C)OS. The lowest BCUT2D eigenvalue weighted by atomic mass is 10.6. The molecule has 0 atom stereocenters. The Kier molecular flexibility index (Phi) is 2.73. The monoisotopic (exact) mass is 102 g/mol. The average Bonchev–Trinajstić information content (AvgIpc) is 1.65. The van der Waals surface area contributed by atoms with Gasteiger partial charge in [0.2, 0.25) is 0 Å². The van der Waals surface area contributed by atoms with E-state index in [1.165, 1.54) is 0 Å². The molecule has 2 heteroatoms. The molecule has 0 aliphatic carbocycles. The second kappa shape index (κ2) is 2.88. The minimum absolute atomic E-state index is 0.596. The van der Waals surface area contributed by atoms with Crippen LogP contribution in [0.25, 0.3) is 0 Å². The molecule has 0 fully saturated rings. The Morgan fingerprint density at radius 3 is 2.50 bits per heavy atom. The Morgan fingerprint density at radius 2 is 2.50 bits per heavy atom. The van der Waals surface area contributed by atoms with Gasteiger partial charge in [0.15, 0.2) is 5.76 Å². The highest BCUT2D eigenvalue weighted by Gasteiger charge is 1.72. The van der Waals surface area contributed by atoms with Gasteiger partial charge in [0, 0.05) is 19.8 Å². The van der Waals surface area contributed by atoms with E-state index in [1.54, 1.807) is 6.92 Å². The second-order valence-corrected chi connectivity index (χ2v) is 1.01. The van der Waals surface area contributed by atoms with E-state index < -0.39 is 0 Å². The van der Waals surface area contributed by atoms with Gasteiger partial charge in [-0.3, -0.25) is 0 Å². The van der Waals surface area contributed by atoms with E-state index in [0.29, 0.717) is 5.76 Å². The topological polar surface area (TPSA) is 9.23 Å². The summed E-state index contributed by atoms with van der Waals surface area (Å²) in [5.74, 6) is 0.596. The maximum absolute atomic E-state index is 4.34. The molecule has 0 aromatic rings. The van der Waals surface area contributed by atoms with E-state index >= 15 is 0 Å². The summed E-state index contributed by atoms with van der Waals surface area (Å²) in [6.07, 6.45) is 0. The van der Waals surface area contributed by atoms with Crippen LogP contribution in [0.15, 0.2) is 18.1 Å². The molecule has 0 spiro atoms. The quantitative estimate of drug-likeness (QED) is 0.229. The summed E-state index contributed by atoms with van der Waals surface area (Å²) in [5, 5.41) is 0. The third kappa shape index (κ3) is 1.94. The first-order valence-electron chi connectivity index (χ1n) is 1.49. The normalized spacial score (nSPS) is 6.33. The van der Waals surface area contributed by atoms with Crippen molar-refractivity contribution in [3.63, 3.8) is 0 Å². The van der Waals surface area contributed by atoms with E-state index in [-0.39, 0.29) is 0 Å². The van der Waals surface area contributed by atoms with Crippen molar-refractivity contribution in [2.45, 2.75) is 6.92 Å². The molecule has 0 rings (SSSR count). The van der Waals surface area contributed by atoms with Crippen LogP contribution in [-0.4, -0.2) is 0 Å². The van der Waals surface area contributed by atoms with Crippen molar-refractivity contribution in [3.8, 4) is 0 Å². The van der Waals surface area contributed by atoms with Crippen LogP contribution in [0.5, 0.6) is 0 Å². The van der Waals surface area contributed by atoms with Gasteiger partial charge in [-0.2, -0.15) is 0 Å². The number of hydrogen-bond donors (Lipinski definition) is 1. The number of allylic oxidation sites excluding steroid dienone is 1. The first-order chi connectivity index (χ1) is 2.81. The van der Waals surface area contributed by atoms with Crippen molar-refractivity contribution in [1.29, 1.82) is 0 Å². The number of rotatable bonds is 1. The van der Waals surface area contributed by atoms with E-state index in [0.717, 1.165) is 0 Å². The lowest BCUT2D eigenvalue weighted by Crippen LogP contribution is -1.63. The Balaban J connectivity index is 3.52. The fourth-order valence-corrected chi connectivity index (χ4v) is 0.0968. The predicted molar refractivity (Wildman–Crippen MR) is 28.4 cm³/mol. The summed E-state index contributed by atoms with van der Waals surface area (Å²) in [6, 6.07) is 0. The summed E-state index contributed by atoms with van der Waals surface area (Å²) in [7, 11) is 0. The molecule has 0 aliphatic heterocycles. The van der Waals surface area contributed by atoms with Crippen LogP contribution < -0.4 is 0 Å². The minimum atomic E-state index is 0.596. The van der Waals surface area contributed by atoms with Crippen LogP contribution in [-0.2, 0) is 4.18 Å². The van der Waals surface area contributed by atoms with E-state index in [9.17, 15) is 0 Å². The van der Waals surface area contributed by atoms with Gasteiger partial charge >= 0.3 is 0 Å². The summed E-state index contributed by atoms with van der Waals surface area (Å²) >= 11 is 3.46. The van der Waals surface area contributed by atoms with Gasteiger partial charge < -0.3 is 4.18 Å². The van der Waals surface area contributed by atoms with Crippen molar-refractivity contribution < 1.29 is 4.18 Å². The van der Waals surface area contributed by atoms with Crippen molar-refractivity contribution >= 4 is 12.9 Å². The van der Waals surface area contributed by atoms with Gasteiger partial charge in [0.05, 0.1) is 0 Å². The molecule has 34 valence electrons. The highest BCUT2D eigenvalue weighted by atomic mass is 32.1. The summed E-state index contributed by atoms with van der Waals surface area (Å²) in [4.78, 5) is 0.